The van der Waals surface area contributed by atoms with Gasteiger partial charge in [-0.25, -0.2) is 19.2 Å². The molecule has 132 valence electrons. The van der Waals surface area contributed by atoms with Crippen molar-refractivity contribution in [1.82, 2.24) is 29.4 Å². The van der Waals surface area contributed by atoms with Crippen LogP contribution in [0.1, 0.15) is 11.4 Å². The van der Waals surface area contributed by atoms with Gasteiger partial charge < -0.3 is 4.74 Å². The van der Waals surface area contributed by atoms with Gasteiger partial charge in [-0.05, 0) is 30.7 Å². The number of para-hydroxylation sites is 2. The standard InChI is InChI=1S/C20H16N6O/c1-14-7-5-6-10-17(14)27-12-18-23-20-16-11-22-26(15-8-3-2-4-9-15)19(16)21-13-25(20)24-18/h2-11,13H,12H2,1H3. The molecule has 3 aromatic heterocycles. The summed E-state index contributed by atoms with van der Waals surface area (Å²) in [7, 11) is 0. The lowest BCUT2D eigenvalue weighted by molar-refractivity contribution is 0.294. The average molecular weight is 356 g/mol. The predicted octanol–water partition coefficient (Wildman–Crippen LogP) is 3.35. The first-order valence-electron chi connectivity index (χ1n) is 8.61. The summed E-state index contributed by atoms with van der Waals surface area (Å²) in [6, 6.07) is 17.8. The Balaban J connectivity index is 1.51. The Hall–Kier alpha value is -3.74. The number of hydrogen-bond acceptors (Lipinski definition) is 5. The van der Waals surface area contributed by atoms with Crippen molar-refractivity contribution in [2.75, 3.05) is 0 Å². The summed E-state index contributed by atoms with van der Waals surface area (Å²) in [5.74, 6) is 1.43. The van der Waals surface area contributed by atoms with E-state index in [0.29, 0.717) is 18.1 Å². The van der Waals surface area contributed by atoms with Gasteiger partial charge in [0.2, 0.25) is 0 Å². The molecule has 0 spiro atoms. The van der Waals surface area contributed by atoms with E-state index in [1.54, 1.807) is 21.7 Å². The van der Waals surface area contributed by atoms with E-state index in [9.17, 15) is 0 Å². The van der Waals surface area contributed by atoms with Crippen LogP contribution in [0.2, 0.25) is 0 Å². The maximum Gasteiger partial charge on any atom is 0.189 e. The maximum absolute atomic E-state index is 5.86. The summed E-state index contributed by atoms with van der Waals surface area (Å²) in [5, 5.41) is 9.79. The Morgan fingerprint density at radius 3 is 2.63 bits per heavy atom. The second-order valence-corrected chi connectivity index (χ2v) is 6.22. The van der Waals surface area contributed by atoms with E-state index in [0.717, 1.165) is 28.0 Å². The molecule has 0 atom stereocenters. The van der Waals surface area contributed by atoms with E-state index in [2.05, 4.69) is 20.2 Å². The van der Waals surface area contributed by atoms with Gasteiger partial charge in [-0.1, -0.05) is 36.4 Å². The first-order valence-corrected chi connectivity index (χ1v) is 8.61. The number of aromatic nitrogens is 6. The molecule has 0 N–H and O–H groups in total. The zero-order chi connectivity index (χ0) is 18.2. The minimum atomic E-state index is 0.293. The second kappa shape index (κ2) is 6.21. The smallest absolute Gasteiger partial charge is 0.189 e. The first kappa shape index (κ1) is 15.5. The van der Waals surface area contributed by atoms with Gasteiger partial charge in [-0.2, -0.15) is 5.10 Å². The Labute approximate surface area is 154 Å². The van der Waals surface area contributed by atoms with Crippen LogP contribution in [0.25, 0.3) is 22.4 Å². The largest absolute Gasteiger partial charge is 0.485 e. The van der Waals surface area contributed by atoms with Crippen LogP contribution in [0.4, 0.5) is 0 Å². The van der Waals surface area contributed by atoms with Crippen LogP contribution in [0.15, 0.2) is 67.1 Å². The lowest BCUT2D eigenvalue weighted by Gasteiger charge is -2.05. The zero-order valence-corrected chi connectivity index (χ0v) is 14.6. The Bertz CT molecular complexity index is 1240. The fourth-order valence-corrected chi connectivity index (χ4v) is 3.04. The fourth-order valence-electron chi connectivity index (χ4n) is 3.04. The number of rotatable bonds is 4. The summed E-state index contributed by atoms with van der Waals surface area (Å²) in [6.07, 6.45) is 3.42. The molecule has 3 heterocycles. The van der Waals surface area contributed by atoms with Gasteiger partial charge in [-0.15, -0.1) is 5.10 Å². The minimum Gasteiger partial charge on any atom is -0.485 e. The van der Waals surface area contributed by atoms with Crippen LogP contribution in [-0.2, 0) is 6.61 Å². The summed E-state index contributed by atoms with van der Waals surface area (Å²) < 4.78 is 9.32. The van der Waals surface area contributed by atoms with Gasteiger partial charge in [0, 0.05) is 0 Å². The summed E-state index contributed by atoms with van der Waals surface area (Å²) in [6.45, 7) is 2.30. The Morgan fingerprint density at radius 2 is 1.78 bits per heavy atom. The molecule has 7 heteroatoms. The number of fused-ring (bicyclic) bond motifs is 3. The molecule has 0 saturated carbocycles. The van der Waals surface area contributed by atoms with Crippen molar-refractivity contribution >= 4 is 16.7 Å². The topological polar surface area (TPSA) is 70.1 Å². The highest BCUT2D eigenvalue weighted by atomic mass is 16.5. The minimum absolute atomic E-state index is 0.293. The van der Waals surface area contributed by atoms with Crippen molar-refractivity contribution in [1.29, 1.82) is 0 Å². The van der Waals surface area contributed by atoms with Crippen molar-refractivity contribution in [3.05, 3.63) is 78.5 Å². The number of benzene rings is 2. The molecule has 0 aliphatic rings. The van der Waals surface area contributed by atoms with Gasteiger partial charge in [-0.3, -0.25) is 0 Å². The molecule has 27 heavy (non-hydrogen) atoms. The number of hydrogen-bond donors (Lipinski definition) is 0. The molecule has 5 aromatic rings. The van der Waals surface area contributed by atoms with E-state index in [-0.39, 0.29) is 0 Å². The highest BCUT2D eigenvalue weighted by Crippen LogP contribution is 2.21. The van der Waals surface area contributed by atoms with Crippen molar-refractivity contribution < 1.29 is 4.74 Å². The van der Waals surface area contributed by atoms with Crippen LogP contribution in [0.5, 0.6) is 5.75 Å². The Kier molecular flexibility index (Phi) is 3.57. The van der Waals surface area contributed by atoms with Gasteiger partial charge in [0.1, 0.15) is 18.7 Å². The van der Waals surface area contributed by atoms with Crippen LogP contribution >= 0.6 is 0 Å². The third-order valence-corrected chi connectivity index (χ3v) is 4.40. The Morgan fingerprint density at radius 1 is 0.963 bits per heavy atom. The van der Waals surface area contributed by atoms with Gasteiger partial charge in [0.15, 0.2) is 17.1 Å². The predicted molar refractivity (Wildman–Crippen MR) is 101 cm³/mol. The number of aryl methyl sites for hydroxylation is 1. The molecule has 0 amide bonds. The average Bonchev–Trinajstić information content (AvgIpc) is 3.31. The maximum atomic E-state index is 5.86. The number of ether oxygens (including phenoxy) is 1. The molecular weight excluding hydrogens is 340 g/mol. The SMILES string of the molecule is Cc1ccccc1OCc1nc2c3cnn(-c4ccccc4)c3ncn2n1. The highest BCUT2D eigenvalue weighted by Gasteiger charge is 2.14. The molecule has 0 aliphatic heterocycles. The fraction of sp³-hybridized carbons (Fsp3) is 0.100. The van der Waals surface area contributed by atoms with E-state index in [4.69, 9.17) is 4.74 Å². The summed E-state index contributed by atoms with van der Waals surface area (Å²) >= 11 is 0. The van der Waals surface area contributed by atoms with Gasteiger partial charge in [0.05, 0.1) is 17.3 Å². The molecule has 0 saturated heterocycles. The third-order valence-electron chi connectivity index (χ3n) is 4.40. The second-order valence-electron chi connectivity index (χ2n) is 6.22. The van der Waals surface area contributed by atoms with E-state index < -0.39 is 0 Å². The molecule has 0 unspecified atom stereocenters. The quantitative estimate of drug-likeness (QED) is 0.494. The van der Waals surface area contributed by atoms with Crippen molar-refractivity contribution in [3.8, 4) is 11.4 Å². The van der Waals surface area contributed by atoms with Crippen LogP contribution < -0.4 is 4.74 Å². The molecule has 2 aromatic carbocycles. The molecule has 0 bridgehead atoms. The molecular formula is C20H16N6O. The molecule has 0 fully saturated rings. The normalized spacial score (nSPS) is 11.3. The lowest BCUT2D eigenvalue weighted by Crippen LogP contribution is -1.99. The summed E-state index contributed by atoms with van der Waals surface area (Å²) in [4.78, 5) is 9.14. The van der Waals surface area contributed by atoms with E-state index in [1.807, 2.05) is 61.5 Å². The zero-order valence-electron chi connectivity index (χ0n) is 14.6. The molecule has 7 nitrogen and oxygen atoms in total. The third kappa shape index (κ3) is 2.69. The number of nitrogens with zero attached hydrogens (tertiary/aromatic N) is 6. The molecule has 0 radical (unpaired) electrons. The molecule has 5 rings (SSSR count). The summed E-state index contributed by atoms with van der Waals surface area (Å²) in [5.41, 5.74) is 3.49. The van der Waals surface area contributed by atoms with Crippen molar-refractivity contribution in [2.24, 2.45) is 0 Å². The van der Waals surface area contributed by atoms with Crippen LogP contribution in [-0.4, -0.2) is 29.4 Å². The lowest BCUT2D eigenvalue weighted by atomic mass is 10.2. The van der Waals surface area contributed by atoms with Crippen LogP contribution in [0, 0.1) is 6.92 Å². The van der Waals surface area contributed by atoms with E-state index >= 15 is 0 Å². The first-order chi connectivity index (χ1) is 13.3. The van der Waals surface area contributed by atoms with E-state index in [1.165, 1.54) is 0 Å². The van der Waals surface area contributed by atoms with Gasteiger partial charge in [0.25, 0.3) is 0 Å². The van der Waals surface area contributed by atoms with Crippen molar-refractivity contribution in [3.63, 3.8) is 0 Å². The molecule has 0 aliphatic carbocycles. The highest BCUT2D eigenvalue weighted by molar-refractivity contribution is 5.89. The van der Waals surface area contributed by atoms with Crippen LogP contribution in [0.3, 0.4) is 0 Å². The van der Waals surface area contributed by atoms with Gasteiger partial charge >= 0.3 is 0 Å². The van der Waals surface area contributed by atoms with Crippen molar-refractivity contribution in [2.45, 2.75) is 13.5 Å². The monoisotopic (exact) mass is 356 g/mol.